The first-order valence-corrected chi connectivity index (χ1v) is 19.8. The number of carbonyl (C=O) groups is 5. The first-order valence-electron chi connectivity index (χ1n) is 17.3. The van der Waals surface area contributed by atoms with E-state index in [9.17, 15) is 24.0 Å². The molecule has 0 fully saturated rings. The van der Waals surface area contributed by atoms with Crippen LogP contribution in [0.4, 0.5) is 15.5 Å². The minimum absolute atomic E-state index is 0.0749. The Hall–Kier alpha value is -4.82. The van der Waals surface area contributed by atoms with Crippen molar-refractivity contribution in [2.24, 2.45) is 0 Å². The van der Waals surface area contributed by atoms with Gasteiger partial charge in [-0.05, 0) is 94.6 Å². The fourth-order valence-corrected chi connectivity index (χ4v) is 7.98. The molecule has 0 spiro atoms. The maximum Gasteiger partial charge on any atom is 0.410 e. The zero-order chi connectivity index (χ0) is 39.9. The normalized spacial score (nSPS) is 13.3. The molecule has 288 valence electrons. The molecule has 0 aliphatic carbocycles. The smallest absolute Gasteiger partial charge is 0.410 e. The molecule has 15 heteroatoms. The Morgan fingerprint density at radius 3 is 2.42 bits per heavy atom. The number of hydrogen-bond acceptors (Lipinski definition) is 9. The first kappa shape index (κ1) is 41.3. The van der Waals surface area contributed by atoms with Crippen LogP contribution in [-0.4, -0.2) is 58.7 Å². The number of benzene rings is 3. The molecule has 1 aliphatic rings. The number of amides is 4. The summed E-state index contributed by atoms with van der Waals surface area (Å²) in [6.45, 7) is 9.57. The summed E-state index contributed by atoms with van der Waals surface area (Å²) in [5.41, 5.74) is 1.49. The molecule has 0 saturated heterocycles. The van der Waals surface area contributed by atoms with Gasteiger partial charge in [0, 0.05) is 27.6 Å². The average molecular weight is 824 g/mol. The summed E-state index contributed by atoms with van der Waals surface area (Å²) in [4.78, 5) is 69.3. The molecule has 4 aromatic rings. The largest absolute Gasteiger partial charge is 0.462 e. The minimum atomic E-state index is -0.659. The van der Waals surface area contributed by atoms with Gasteiger partial charge in [0.15, 0.2) is 0 Å². The highest BCUT2D eigenvalue weighted by Gasteiger charge is 2.33. The van der Waals surface area contributed by atoms with E-state index in [1.165, 1.54) is 29.2 Å². The highest BCUT2D eigenvalue weighted by atomic mass is 35.5. The number of fused-ring (bicyclic) bond motifs is 1. The van der Waals surface area contributed by atoms with E-state index in [4.69, 9.17) is 32.7 Å². The number of thiophene rings is 1. The van der Waals surface area contributed by atoms with Crippen LogP contribution in [0.25, 0.3) is 6.08 Å². The third-order valence-corrected chi connectivity index (χ3v) is 11.1. The van der Waals surface area contributed by atoms with Gasteiger partial charge in [0.1, 0.15) is 16.3 Å². The number of hydrogen-bond donors (Lipinski definition) is 3. The molecule has 55 heavy (non-hydrogen) atoms. The Labute approximate surface area is 337 Å². The maximum atomic E-state index is 13.7. The summed E-state index contributed by atoms with van der Waals surface area (Å²) in [5, 5.41) is 8.64. The van der Waals surface area contributed by atoms with E-state index in [1.807, 2.05) is 0 Å². The Morgan fingerprint density at radius 2 is 1.71 bits per heavy atom. The van der Waals surface area contributed by atoms with Crippen molar-refractivity contribution in [2.45, 2.75) is 63.3 Å². The molecule has 1 unspecified atom stereocenters. The number of rotatable bonds is 11. The zero-order valence-corrected chi connectivity index (χ0v) is 33.9. The number of esters is 1. The highest BCUT2D eigenvalue weighted by molar-refractivity contribution is 8.00. The molecule has 5 rings (SSSR count). The molecule has 4 amide bonds. The van der Waals surface area contributed by atoms with E-state index in [2.05, 4.69) is 16.0 Å². The second-order valence-corrected chi connectivity index (χ2v) is 16.6. The maximum absolute atomic E-state index is 13.7. The topological polar surface area (TPSA) is 143 Å². The van der Waals surface area contributed by atoms with Crippen LogP contribution in [0.2, 0.25) is 10.0 Å². The Morgan fingerprint density at radius 1 is 0.982 bits per heavy atom. The van der Waals surface area contributed by atoms with Crippen LogP contribution in [0.15, 0.2) is 83.4 Å². The van der Waals surface area contributed by atoms with Crippen LogP contribution in [0.3, 0.4) is 0 Å². The zero-order valence-electron chi connectivity index (χ0n) is 30.8. The number of nitrogens with zero attached hydrogens (tertiary/aromatic N) is 1. The van der Waals surface area contributed by atoms with Crippen molar-refractivity contribution in [2.75, 3.05) is 23.8 Å². The van der Waals surface area contributed by atoms with E-state index in [-0.39, 0.29) is 34.8 Å². The summed E-state index contributed by atoms with van der Waals surface area (Å²) in [7, 11) is 0. The molecule has 2 heterocycles. The van der Waals surface area contributed by atoms with Gasteiger partial charge in [0.2, 0.25) is 5.91 Å². The summed E-state index contributed by atoms with van der Waals surface area (Å²) in [5.74, 6) is -2.02. The Balaban J connectivity index is 1.31. The van der Waals surface area contributed by atoms with Crippen LogP contribution in [0.5, 0.6) is 0 Å². The molecule has 1 aromatic heterocycles. The molecule has 0 radical (unpaired) electrons. The fourth-order valence-electron chi connectivity index (χ4n) is 5.44. The van der Waals surface area contributed by atoms with Crippen LogP contribution in [0, 0.1) is 0 Å². The van der Waals surface area contributed by atoms with Crippen molar-refractivity contribution >= 4 is 92.8 Å². The third kappa shape index (κ3) is 10.9. The van der Waals surface area contributed by atoms with E-state index in [0.717, 1.165) is 10.4 Å². The number of halogens is 2. The molecule has 0 bridgehead atoms. The lowest BCUT2D eigenvalue weighted by Gasteiger charge is -2.30. The number of ether oxygens (including phenoxy) is 2. The summed E-state index contributed by atoms with van der Waals surface area (Å²) in [6, 6.07) is 20.3. The molecular formula is C40H40Cl2N4O7S2. The van der Waals surface area contributed by atoms with E-state index in [1.54, 1.807) is 112 Å². The predicted molar refractivity (Wildman–Crippen MR) is 218 cm³/mol. The Bertz CT molecular complexity index is 2130. The van der Waals surface area contributed by atoms with Crippen molar-refractivity contribution in [3.63, 3.8) is 0 Å². The molecule has 1 aliphatic heterocycles. The van der Waals surface area contributed by atoms with Crippen molar-refractivity contribution in [1.29, 1.82) is 0 Å². The predicted octanol–water partition coefficient (Wildman–Crippen LogP) is 9.05. The fraction of sp³-hybridized carbons (Fsp3) is 0.275. The quantitative estimate of drug-likeness (QED) is 0.0773. The van der Waals surface area contributed by atoms with Crippen LogP contribution in [0.1, 0.15) is 71.3 Å². The number of nitrogens with one attached hydrogen (secondary N) is 3. The van der Waals surface area contributed by atoms with Crippen molar-refractivity contribution in [3.05, 3.63) is 116 Å². The van der Waals surface area contributed by atoms with Crippen LogP contribution in [-0.2, 0) is 32.0 Å². The van der Waals surface area contributed by atoms with Gasteiger partial charge < -0.3 is 30.3 Å². The highest BCUT2D eigenvalue weighted by Crippen LogP contribution is 2.39. The summed E-state index contributed by atoms with van der Waals surface area (Å²) in [6.07, 6.45) is 1.39. The molecule has 1 atom stereocenters. The van der Waals surface area contributed by atoms with E-state index < -0.39 is 34.7 Å². The molecule has 3 aromatic carbocycles. The van der Waals surface area contributed by atoms with Gasteiger partial charge in [-0.2, -0.15) is 0 Å². The number of anilines is 2. The van der Waals surface area contributed by atoms with E-state index >= 15 is 0 Å². The van der Waals surface area contributed by atoms with Gasteiger partial charge in [-0.15, -0.1) is 23.1 Å². The second-order valence-electron chi connectivity index (χ2n) is 13.3. The molecule has 11 nitrogen and oxygen atoms in total. The summed E-state index contributed by atoms with van der Waals surface area (Å²) < 4.78 is 10.9. The molecular weight excluding hydrogens is 784 g/mol. The lowest BCUT2D eigenvalue weighted by molar-refractivity contribution is -0.115. The van der Waals surface area contributed by atoms with Crippen LogP contribution >= 0.6 is 46.3 Å². The lowest BCUT2D eigenvalue weighted by atomic mass is 10.0. The van der Waals surface area contributed by atoms with Crippen molar-refractivity contribution < 1.29 is 33.4 Å². The van der Waals surface area contributed by atoms with Crippen LogP contribution < -0.4 is 16.0 Å². The van der Waals surface area contributed by atoms with Gasteiger partial charge in [0.25, 0.3) is 11.8 Å². The molecule has 0 saturated carbocycles. The summed E-state index contributed by atoms with van der Waals surface area (Å²) >= 11 is 15.1. The molecule has 3 N–H and O–H groups in total. The van der Waals surface area contributed by atoms with Gasteiger partial charge in [0.05, 0.1) is 34.0 Å². The van der Waals surface area contributed by atoms with Crippen molar-refractivity contribution in [1.82, 2.24) is 10.2 Å². The SMILES string of the molecule is CCOC(=O)c1c(NC(=O)C(C)Sc2cccc(NC(=O)/C(=C\c3cccc(Cl)c3Cl)NC(=O)c3ccccc3)c2)sc2c1CCN(C(=O)OC(C)(C)C)C2. The van der Waals surface area contributed by atoms with Crippen molar-refractivity contribution in [3.8, 4) is 0 Å². The number of thioether (sulfide) groups is 1. The standard InChI is InChI=1S/C40H40Cl2N4O7S2/c1-6-52-38(50)32-28-18-19-46(39(51)53-40(3,4)5)22-31(28)55-37(32)45-34(47)23(2)54-27-16-11-15-26(21-27)43-36(49)30(20-25-14-10-17-29(41)33(25)42)44-35(48)24-12-8-7-9-13-24/h7-17,20-21,23H,6,18-19,22H2,1-5H3,(H,43,49)(H,44,48)(H,45,47)/b30-20+. The van der Waals surface area contributed by atoms with Gasteiger partial charge >= 0.3 is 12.1 Å². The van der Waals surface area contributed by atoms with Gasteiger partial charge in [-0.1, -0.05) is 59.6 Å². The van der Waals surface area contributed by atoms with E-state index in [0.29, 0.717) is 45.2 Å². The minimum Gasteiger partial charge on any atom is -0.462 e. The third-order valence-electron chi connectivity index (χ3n) is 8.01. The second kappa shape index (κ2) is 18.2. The average Bonchev–Trinajstić information content (AvgIpc) is 3.50. The monoisotopic (exact) mass is 822 g/mol. The van der Waals surface area contributed by atoms with Gasteiger partial charge in [-0.3, -0.25) is 14.4 Å². The number of carbonyl (C=O) groups excluding carboxylic acids is 5. The first-order chi connectivity index (χ1) is 26.1. The Kier molecular flexibility index (Phi) is 13.7. The lowest BCUT2D eigenvalue weighted by Crippen LogP contribution is -2.39. The van der Waals surface area contributed by atoms with Gasteiger partial charge in [-0.25, -0.2) is 9.59 Å².